The van der Waals surface area contributed by atoms with E-state index < -0.39 is 0 Å². The second kappa shape index (κ2) is 7.60. The maximum absolute atomic E-state index is 5.73. The molecule has 4 heteroatoms. The third kappa shape index (κ3) is 5.10. The molecule has 3 nitrogen and oxygen atoms in total. The third-order valence-corrected chi connectivity index (χ3v) is 3.46. The lowest BCUT2D eigenvalue weighted by Crippen LogP contribution is -2.34. The summed E-state index contributed by atoms with van der Waals surface area (Å²) in [6, 6.07) is 6.35. The highest BCUT2D eigenvalue weighted by Crippen LogP contribution is 2.20. The normalized spacial score (nSPS) is 11.2. The Morgan fingerprint density at radius 1 is 1.25 bits per heavy atom. The maximum atomic E-state index is 5.73. The van der Waals surface area contributed by atoms with Gasteiger partial charge in [0.2, 0.25) is 0 Å². The molecular formula is C16H27N3S. The Bertz CT molecular complexity index is 455. The predicted molar refractivity (Wildman–Crippen MR) is 92.7 cm³/mol. The van der Waals surface area contributed by atoms with Crippen LogP contribution in [0, 0.1) is 12.8 Å². The van der Waals surface area contributed by atoms with Crippen molar-refractivity contribution in [3.8, 4) is 0 Å². The molecule has 0 amide bonds. The number of hydrogen-bond donors (Lipinski definition) is 1. The first-order valence-electron chi connectivity index (χ1n) is 7.11. The Labute approximate surface area is 128 Å². The van der Waals surface area contributed by atoms with Crippen molar-refractivity contribution in [2.75, 3.05) is 38.6 Å². The molecule has 0 radical (unpaired) electrons. The van der Waals surface area contributed by atoms with Crippen LogP contribution in [0.15, 0.2) is 18.2 Å². The summed E-state index contributed by atoms with van der Waals surface area (Å²) < 4.78 is 0. The van der Waals surface area contributed by atoms with Crippen LogP contribution in [-0.2, 0) is 0 Å². The zero-order valence-electron chi connectivity index (χ0n) is 13.3. The van der Waals surface area contributed by atoms with Crippen LogP contribution < -0.4 is 10.6 Å². The van der Waals surface area contributed by atoms with E-state index in [1.54, 1.807) is 0 Å². The van der Waals surface area contributed by atoms with Crippen LogP contribution in [0.25, 0.3) is 0 Å². The largest absolute Gasteiger partial charge is 0.389 e. The van der Waals surface area contributed by atoms with Gasteiger partial charge in [-0.1, -0.05) is 26.1 Å². The monoisotopic (exact) mass is 293 g/mol. The number of anilines is 1. The molecule has 0 aromatic heterocycles. The zero-order valence-corrected chi connectivity index (χ0v) is 14.1. The highest BCUT2D eigenvalue weighted by Gasteiger charge is 2.11. The second-order valence-electron chi connectivity index (χ2n) is 6.01. The lowest BCUT2D eigenvalue weighted by molar-refractivity contribution is 0.409. The van der Waals surface area contributed by atoms with Gasteiger partial charge in [0, 0.05) is 30.9 Å². The molecule has 0 heterocycles. The minimum absolute atomic E-state index is 0.470. The first kappa shape index (κ1) is 16.9. The van der Waals surface area contributed by atoms with E-state index in [0.29, 0.717) is 10.9 Å². The van der Waals surface area contributed by atoms with Crippen LogP contribution in [0.1, 0.15) is 25.0 Å². The first-order chi connectivity index (χ1) is 9.31. The van der Waals surface area contributed by atoms with Gasteiger partial charge in [-0.3, -0.25) is 0 Å². The summed E-state index contributed by atoms with van der Waals surface area (Å²) in [6.07, 6.45) is 0. The lowest BCUT2D eigenvalue weighted by Gasteiger charge is -2.28. The van der Waals surface area contributed by atoms with Gasteiger partial charge in [0.1, 0.15) is 4.99 Å². The van der Waals surface area contributed by atoms with E-state index in [-0.39, 0.29) is 0 Å². The van der Waals surface area contributed by atoms with Crippen LogP contribution >= 0.6 is 12.2 Å². The van der Waals surface area contributed by atoms with Gasteiger partial charge >= 0.3 is 0 Å². The fourth-order valence-electron chi connectivity index (χ4n) is 2.21. The topological polar surface area (TPSA) is 32.5 Å². The van der Waals surface area contributed by atoms with Gasteiger partial charge in [-0.15, -0.1) is 0 Å². The fraction of sp³-hybridized carbons (Fsp3) is 0.562. The minimum Gasteiger partial charge on any atom is -0.389 e. The first-order valence-corrected chi connectivity index (χ1v) is 7.52. The van der Waals surface area contributed by atoms with E-state index >= 15 is 0 Å². The summed E-state index contributed by atoms with van der Waals surface area (Å²) in [7, 11) is 4.21. The fourth-order valence-corrected chi connectivity index (χ4v) is 2.44. The van der Waals surface area contributed by atoms with Gasteiger partial charge in [0.15, 0.2) is 0 Å². The lowest BCUT2D eigenvalue weighted by atomic mass is 10.1. The summed E-state index contributed by atoms with van der Waals surface area (Å²) in [5.74, 6) is 0.632. The van der Waals surface area contributed by atoms with E-state index in [2.05, 4.69) is 56.8 Å². The van der Waals surface area contributed by atoms with Crippen LogP contribution in [0.4, 0.5) is 5.69 Å². The molecule has 1 aromatic carbocycles. The number of likely N-dealkylation sites (N-methyl/N-ethyl adjacent to an activating group) is 1. The molecule has 0 unspecified atom stereocenters. The molecule has 0 saturated carbocycles. The molecule has 0 spiro atoms. The van der Waals surface area contributed by atoms with Crippen molar-refractivity contribution in [2.45, 2.75) is 20.8 Å². The van der Waals surface area contributed by atoms with Gasteiger partial charge in [-0.25, -0.2) is 0 Å². The van der Waals surface area contributed by atoms with Crippen molar-refractivity contribution in [3.05, 3.63) is 29.3 Å². The highest BCUT2D eigenvalue weighted by molar-refractivity contribution is 7.80. The predicted octanol–water partition coefficient (Wildman–Crippen LogP) is 2.65. The average Bonchev–Trinajstić information content (AvgIpc) is 2.33. The molecule has 0 aliphatic heterocycles. The van der Waals surface area contributed by atoms with Crippen molar-refractivity contribution >= 4 is 22.9 Å². The van der Waals surface area contributed by atoms with Gasteiger partial charge in [-0.2, -0.15) is 0 Å². The molecule has 20 heavy (non-hydrogen) atoms. The summed E-state index contributed by atoms with van der Waals surface area (Å²) in [5, 5.41) is 0. The van der Waals surface area contributed by atoms with Crippen molar-refractivity contribution in [1.82, 2.24) is 4.90 Å². The van der Waals surface area contributed by atoms with Gasteiger partial charge in [-0.05, 0) is 50.7 Å². The number of nitrogens with two attached hydrogens (primary N) is 1. The van der Waals surface area contributed by atoms with Crippen LogP contribution in [-0.4, -0.2) is 43.6 Å². The molecule has 0 bridgehead atoms. The molecule has 0 fully saturated rings. The molecule has 112 valence electrons. The standard InChI is InChI=1S/C16H27N3S/c1-12(2)11-19(9-8-18(4)5)14-6-7-15(16(17)20)13(3)10-14/h6-7,10,12H,8-9,11H2,1-5H3,(H2,17,20). The number of rotatable bonds is 7. The quantitative estimate of drug-likeness (QED) is 0.784. The van der Waals surface area contributed by atoms with E-state index in [9.17, 15) is 0 Å². The van der Waals surface area contributed by atoms with Gasteiger partial charge < -0.3 is 15.5 Å². The van der Waals surface area contributed by atoms with Crippen molar-refractivity contribution in [3.63, 3.8) is 0 Å². The van der Waals surface area contributed by atoms with Gasteiger partial charge in [0.05, 0.1) is 0 Å². The third-order valence-electron chi connectivity index (χ3n) is 3.24. The Morgan fingerprint density at radius 3 is 2.35 bits per heavy atom. The summed E-state index contributed by atoms with van der Waals surface area (Å²) in [6.45, 7) is 9.69. The molecule has 2 N–H and O–H groups in total. The number of benzene rings is 1. The van der Waals surface area contributed by atoms with Crippen LogP contribution in [0.5, 0.6) is 0 Å². The summed E-state index contributed by atoms with van der Waals surface area (Å²) in [4.78, 5) is 5.11. The Kier molecular flexibility index (Phi) is 6.43. The molecule has 0 aliphatic carbocycles. The second-order valence-corrected chi connectivity index (χ2v) is 6.45. The Hall–Kier alpha value is -1.13. The zero-order chi connectivity index (χ0) is 15.3. The molecule has 0 saturated heterocycles. The number of hydrogen-bond acceptors (Lipinski definition) is 3. The SMILES string of the molecule is Cc1cc(N(CCN(C)C)CC(C)C)ccc1C(N)=S. The van der Waals surface area contributed by atoms with Crippen molar-refractivity contribution in [2.24, 2.45) is 11.7 Å². The van der Waals surface area contributed by atoms with E-state index in [1.165, 1.54) is 5.69 Å². The average molecular weight is 293 g/mol. The minimum atomic E-state index is 0.470. The highest BCUT2D eigenvalue weighted by atomic mass is 32.1. The van der Waals surface area contributed by atoms with Crippen LogP contribution in [0.2, 0.25) is 0 Å². The smallest absolute Gasteiger partial charge is 0.104 e. The van der Waals surface area contributed by atoms with Gasteiger partial charge in [0.25, 0.3) is 0 Å². The van der Waals surface area contributed by atoms with E-state index in [1.807, 2.05) is 6.07 Å². The van der Waals surface area contributed by atoms with Crippen molar-refractivity contribution < 1.29 is 0 Å². The van der Waals surface area contributed by atoms with E-state index in [0.717, 1.165) is 30.8 Å². The molecule has 0 atom stereocenters. The Balaban J connectivity index is 2.95. The molecule has 0 aliphatic rings. The number of aryl methyl sites for hydroxylation is 1. The number of nitrogens with zero attached hydrogens (tertiary/aromatic N) is 2. The summed E-state index contributed by atoms with van der Waals surface area (Å²) >= 11 is 5.07. The number of thiocarbonyl (C=S) groups is 1. The molecule has 1 aromatic rings. The van der Waals surface area contributed by atoms with Crippen LogP contribution in [0.3, 0.4) is 0 Å². The molecule has 1 rings (SSSR count). The van der Waals surface area contributed by atoms with E-state index in [4.69, 9.17) is 18.0 Å². The molecular weight excluding hydrogens is 266 g/mol. The Morgan fingerprint density at radius 2 is 1.90 bits per heavy atom. The van der Waals surface area contributed by atoms with Crippen molar-refractivity contribution in [1.29, 1.82) is 0 Å². The maximum Gasteiger partial charge on any atom is 0.104 e. The summed E-state index contributed by atoms with van der Waals surface area (Å²) in [5.41, 5.74) is 9.10.